The molecule has 0 aromatic carbocycles. The Balaban J connectivity index is 1.32. The van der Waals surface area contributed by atoms with Crippen LogP contribution in [0.3, 0.4) is 0 Å². The van der Waals surface area contributed by atoms with E-state index in [1.807, 2.05) is 6.08 Å². The highest BCUT2D eigenvalue weighted by atomic mass is 35.5. The van der Waals surface area contributed by atoms with Crippen molar-refractivity contribution in [2.45, 2.75) is 260 Å². The molecule has 3 aliphatic heterocycles. The lowest BCUT2D eigenvalue weighted by molar-refractivity contribution is -0.182. The molecule has 6 fully saturated rings. The van der Waals surface area contributed by atoms with Crippen LogP contribution < -0.4 is 16.0 Å². The number of alkyl halides is 6. The van der Waals surface area contributed by atoms with Gasteiger partial charge in [0.1, 0.15) is 53.9 Å². The lowest BCUT2D eigenvalue weighted by Crippen LogP contribution is -2.71. The van der Waals surface area contributed by atoms with E-state index < -0.39 is 198 Å². The monoisotopic (exact) mass is 1510 g/mol. The van der Waals surface area contributed by atoms with Gasteiger partial charge in [-0.3, -0.25) is 57.5 Å². The molecule has 3 N–H and O–H groups in total. The normalized spacial score (nSPS) is 31.9. The van der Waals surface area contributed by atoms with E-state index in [-0.39, 0.29) is 96.2 Å². The molecule has 2 saturated heterocycles. The van der Waals surface area contributed by atoms with Crippen molar-refractivity contribution in [2.75, 3.05) is 89.2 Å². The number of ether oxygens (including phenoxy) is 1. The number of carbonyl (C=O) groups is 12. The summed E-state index contributed by atoms with van der Waals surface area (Å²) in [6.45, 7) is 7.91. The smallest absolute Gasteiger partial charge is 0.377 e. The maximum atomic E-state index is 15.6. The Bertz CT molecular complexity index is 3140. The van der Waals surface area contributed by atoms with Gasteiger partial charge in [-0.2, -0.15) is 13.2 Å². The quantitative estimate of drug-likeness (QED) is 0.106. The number of hydrogen-bond acceptors (Lipinski definition) is 13. The first-order chi connectivity index (χ1) is 49.2. The predicted molar refractivity (Wildman–Crippen MR) is 381 cm³/mol. The van der Waals surface area contributed by atoms with Gasteiger partial charge in [-0.25, -0.2) is 8.78 Å². The van der Waals surface area contributed by atoms with Gasteiger partial charge in [0.05, 0.1) is 31.5 Å². The highest BCUT2D eigenvalue weighted by molar-refractivity contribution is 6.21. The number of nitrogens with one attached hydrogen (secondary N) is 3. The average Bonchev–Trinajstić information content (AvgIpc) is 1.19. The fraction of sp³-hybridized carbons (Fsp3) is 0.811. The number of halogens is 6. The van der Waals surface area contributed by atoms with Gasteiger partial charge in [0.2, 0.25) is 77.3 Å². The predicted octanol–water partition coefficient (Wildman–Crippen LogP) is 6.13. The number of carbonyl (C=O) groups excluding carboxylic acids is 12. The van der Waals surface area contributed by atoms with Crippen molar-refractivity contribution in [3.63, 3.8) is 0 Å². The minimum absolute atomic E-state index is 0.0289. The number of hydrogen-bond donors (Lipinski definition) is 3. The Labute approximate surface area is 620 Å². The van der Waals surface area contributed by atoms with Gasteiger partial charge in [0, 0.05) is 94.3 Å². The summed E-state index contributed by atoms with van der Waals surface area (Å²) < 4.78 is 78.5. The van der Waals surface area contributed by atoms with Gasteiger partial charge in [0.15, 0.2) is 0 Å². The zero-order chi connectivity index (χ0) is 77.9. The highest BCUT2D eigenvalue weighted by Crippen LogP contribution is 2.50. The Morgan fingerprint density at radius 1 is 0.676 bits per heavy atom. The molecule has 3 unspecified atom stereocenters. The number of amides is 12. The number of rotatable bonds is 13. The molecular weight excluding hydrogens is 1400 g/mol. The Morgan fingerprint density at radius 3 is 1.90 bits per heavy atom. The standard InChI is InChI=1S/C74H116ClF5N12O13/c1-14-21-52-63(96)82-62(47-22-18-19-23-47)70(103)86(9)41-61(95)88(11)53-24-17-16-20-33-91(69(53)102)57(35-46-27-25-44(3)26-28-46)67(100)85(8)40-59(93)81-51(32-30-45-29-31-49(50(75)34-45)74(78,79)80)65(98)92-39-48(105-15-2)36-54(92)64(97)83-73(42-72(4,5)43-73)71(104)90(13)55(37-58(76)77)68(101)89(12)56(66(99)84(6)7)38-60(94)87(52)10/h16-17,44-58,62H,14-15,18-43H2,1-13H3,(H,81,93)(H,82,96)(H,83,97)/b17-16-/t44?,45?,46?,48-,49?,50?,51+,52+,53+,54+,55+,56+,57+,62+/m1/s1. The molecular formula is C74H116ClF5N12O13. The number of fused-ring (bicyclic) bond motifs is 3. The maximum absolute atomic E-state index is 15.6. The topological polar surface area (TPSA) is 279 Å². The van der Waals surface area contributed by atoms with E-state index in [4.69, 9.17) is 16.3 Å². The molecule has 7 rings (SSSR count). The Kier molecular flexibility index (Phi) is 30.1. The third-order valence-electron chi connectivity index (χ3n) is 23.3. The summed E-state index contributed by atoms with van der Waals surface area (Å²) >= 11 is 6.43. The highest BCUT2D eigenvalue weighted by Gasteiger charge is 2.59. The van der Waals surface area contributed by atoms with E-state index in [1.54, 1.807) is 33.8 Å². The van der Waals surface area contributed by atoms with Crippen LogP contribution in [0.15, 0.2) is 12.2 Å². The fourth-order valence-electron chi connectivity index (χ4n) is 17.3. The molecule has 4 aliphatic carbocycles. The van der Waals surface area contributed by atoms with E-state index in [1.165, 1.54) is 61.9 Å². The van der Waals surface area contributed by atoms with Crippen LogP contribution in [-0.2, 0) is 62.3 Å². The van der Waals surface area contributed by atoms with Crippen LogP contribution in [0, 0.1) is 35.0 Å². The van der Waals surface area contributed by atoms with Crippen LogP contribution in [-0.4, -0.2) is 282 Å². The second-order valence-electron chi connectivity index (χ2n) is 32.1. The largest absolute Gasteiger partial charge is 0.393 e. The molecule has 25 nitrogen and oxygen atoms in total. The third kappa shape index (κ3) is 21.4. The third-order valence-corrected chi connectivity index (χ3v) is 23.8. The molecule has 1 spiro atoms. The molecule has 12 amide bonds. The first-order valence-electron chi connectivity index (χ1n) is 37.8. The second kappa shape index (κ2) is 36.9. The summed E-state index contributed by atoms with van der Waals surface area (Å²) in [5, 5.41) is 7.30. The van der Waals surface area contributed by atoms with Crippen molar-refractivity contribution in [2.24, 2.45) is 35.0 Å². The van der Waals surface area contributed by atoms with Gasteiger partial charge in [-0.05, 0) is 119 Å². The van der Waals surface area contributed by atoms with E-state index in [0.717, 1.165) is 77.1 Å². The Morgan fingerprint density at radius 2 is 1.31 bits per heavy atom. The molecule has 31 heteroatoms. The average molecular weight is 1510 g/mol. The summed E-state index contributed by atoms with van der Waals surface area (Å²) in [5.41, 5.74) is -2.58. The second-order valence-corrected chi connectivity index (χ2v) is 32.6. The minimum Gasteiger partial charge on any atom is -0.377 e. The zero-order valence-corrected chi connectivity index (χ0v) is 64.5. The van der Waals surface area contributed by atoms with Crippen LogP contribution >= 0.6 is 11.6 Å². The van der Waals surface area contributed by atoms with Gasteiger partial charge < -0.3 is 64.8 Å². The Hall–Kier alpha value is -6.72. The van der Waals surface area contributed by atoms with Crippen LogP contribution in [0.5, 0.6) is 0 Å². The molecule has 0 radical (unpaired) electrons. The number of nitrogens with zero attached hydrogens (tertiary/aromatic N) is 9. The SMILES string of the molecule is CCC[C@H]1C(=O)N[C@@H](C2CCCC2)C(=O)N(C)CC(=O)N(C)[C@H]2C/C=C\CCN(C2=O)[C@@H](CC2CCC(C)CC2)C(=O)N(C)CC(=O)N[C@@H](CCC2CCC(C(F)(F)F)C(Cl)C2)C(=O)N2C[C@H](OCC)C[C@H]2C(=O)NC2(CC(C)(C)C2)C(=O)N(C)[C@@H](CC(F)F)C(=O)N(C)[C@H](C(=O)N(C)C)CC(=O)N1C. The minimum atomic E-state index is -4.56. The molecule has 4 saturated carbocycles. The van der Waals surface area contributed by atoms with Crippen LogP contribution in [0.25, 0.3) is 0 Å². The van der Waals surface area contributed by atoms with E-state index in [9.17, 15) is 41.9 Å². The van der Waals surface area contributed by atoms with Crippen molar-refractivity contribution < 1.29 is 84.2 Å². The van der Waals surface area contributed by atoms with Crippen LogP contribution in [0.4, 0.5) is 22.0 Å². The summed E-state index contributed by atoms with van der Waals surface area (Å²) in [4.78, 5) is 190. The van der Waals surface area contributed by atoms with Gasteiger partial charge in [0.25, 0.3) is 0 Å². The van der Waals surface area contributed by atoms with Gasteiger partial charge in [-0.1, -0.05) is 84.8 Å². The lowest BCUT2D eigenvalue weighted by atomic mass is 9.58. The molecule has 12 atom stereocenters. The zero-order valence-electron chi connectivity index (χ0n) is 63.8. The maximum Gasteiger partial charge on any atom is 0.393 e. The molecule has 7 aliphatic rings. The molecule has 105 heavy (non-hydrogen) atoms. The van der Waals surface area contributed by atoms with E-state index >= 15 is 37.5 Å². The van der Waals surface area contributed by atoms with Crippen molar-refractivity contribution in [3.05, 3.63) is 12.2 Å². The van der Waals surface area contributed by atoms with Crippen molar-refractivity contribution in [1.29, 1.82) is 0 Å². The van der Waals surface area contributed by atoms with E-state index in [0.29, 0.717) is 31.6 Å². The summed E-state index contributed by atoms with van der Waals surface area (Å²) in [6, 6.07) is -11.5. The van der Waals surface area contributed by atoms with Gasteiger partial charge in [-0.15, -0.1) is 11.6 Å². The molecule has 3 heterocycles. The fourth-order valence-corrected chi connectivity index (χ4v) is 17.8. The van der Waals surface area contributed by atoms with Crippen LogP contribution in [0.1, 0.15) is 182 Å². The van der Waals surface area contributed by atoms with E-state index in [2.05, 4.69) is 22.9 Å². The van der Waals surface area contributed by atoms with Crippen LogP contribution in [0.2, 0.25) is 0 Å². The first-order valence-corrected chi connectivity index (χ1v) is 38.2. The molecule has 0 aromatic heterocycles. The molecule has 0 aromatic rings. The summed E-state index contributed by atoms with van der Waals surface area (Å²) in [6.07, 6.45) is -1.04. The first kappa shape index (κ1) is 85.5. The van der Waals surface area contributed by atoms with Crippen molar-refractivity contribution in [3.8, 4) is 0 Å². The van der Waals surface area contributed by atoms with Crippen molar-refractivity contribution >= 4 is 82.5 Å². The van der Waals surface area contributed by atoms with Crippen molar-refractivity contribution in [1.82, 2.24) is 60.0 Å². The summed E-state index contributed by atoms with van der Waals surface area (Å²) in [5.74, 6) is -11.7. The van der Waals surface area contributed by atoms with Gasteiger partial charge >= 0.3 is 6.18 Å². The molecule has 592 valence electrons. The summed E-state index contributed by atoms with van der Waals surface area (Å²) in [7, 11) is 10.5. The lowest BCUT2D eigenvalue weighted by Gasteiger charge is -2.54. The number of likely N-dealkylation sites (N-methyl/N-ethyl adjacent to an activating group) is 7. The molecule has 2 bridgehead atoms.